The minimum absolute atomic E-state index is 0.926. The van der Waals surface area contributed by atoms with Crippen molar-refractivity contribution in [2.45, 2.75) is 25.7 Å². The van der Waals surface area contributed by atoms with Crippen LogP contribution in [0.1, 0.15) is 25.7 Å². The summed E-state index contributed by atoms with van der Waals surface area (Å²) < 4.78 is 5.32. The molecule has 0 aromatic heterocycles. The molecule has 1 N–H and O–H groups in total. The van der Waals surface area contributed by atoms with Crippen LogP contribution in [0.25, 0.3) is 0 Å². The molecule has 2 aliphatic rings. The zero-order chi connectivity index (χ0) is 10.3. The van der Waals surface area contributed by atoms with Crippen LogP contribution in [0.15, 0.2) is 0 Å². The van der Waals surface area contributed by atoms with Gasteiger partial charge in [-0.2, -0.15) is 0 Å². The van der Waals surface area contributed by atoms with Gasteiger partial charge in [0.05, 0.1) is 13.2 Å². The molecule has 1 saturated heterocycles. The summed E-state index contributed by atoms with van der Waals surface area (Å²) in [4.78, 5) is 2.51. The second kappa shape index (κ2) is 6.46. The third-order valence-electron chi connectivity index (χ3n) is 3.36. The fourth-order valence-corrected chi connectivity index (χ4v) is 2.09. The molecule has 1 aliphatic heterocycles. The molecular weight excluding hydrogens is 188 g/mol. The van der Waals surface area contributed by atoms with Gasteiger partial charge in [-0.15, -0.1) is 0 Å². The zero-order valence-electron chi connectivity index (χ0n) is 9.71. The van der Waals surface area contributed by atoms with Gasteiger partial charge in [-0.25, -0.2) is 0 Å². The first-order chi connectivity index (χ1) is 7.45. The fourth-order valence-electron chi connectivity index (χ4n) is 2.09. The van der Waals surface area contributed by atoms with Gasteiger partial charge in [-0.1, -0.05) is 12.8 Å². The SMILES string of the molecule is C(CNCCC1CC1)CN1CCOCC1. The summed E-state index contributed by atoms with van der Waals surface area (Å²) in [5.74, 6) is 1.07. The van der Waals surface area contributed by atoms with Crippen molar-refractivity contribution in [2.24, 2.45) is 5.92 Å². The minimum atomic E-state index is 0.926. The van der Waals surface area contributed by atoms with Crippen LogP contribution >= 0.6 is 0 Å². The highest BCUT2D eigenvalue weighted by atomic mass is 16.5. The van der Waals surface area contributed by atoms with Gasteiger partial charge in [0.1, 0.15) is 0 Å². The molecule has 0 aromatic carbocycles. The Balaban J connectivity index is 1.37. The molecule has 1 aliphatic carbocycles. The highest BCUT2D eigenvalue weighted by Gasteiger charge is 2.19. The van der Waals surface area contributed by atoms with E-state index in [1.54, 1.807) is 0 Å². The van der Waals surface area contributed by atoms with Crippen molar-refractivity contribution >= 4 is 0 Å². The summed E-state index contributed by atoms with van der Waals surface area (Å²) in [7, 11) is 0. The third-order valence-corrected chi connectivity index (χ3v) is 3.36. The average molecular weight is 212 g/mol. The maximum absolute atomic E-state index is 5.32. The van der Waals surface area contributed by atoms with Crippen LogP contribution in [0.5, 0.6) is 0 Å². The Morgan fingerprint density at radius 3 is 2.67 bits per heavy atom. The Bertz CT molecular complexity index is 165. The van der Waals surface area contributed by atoms with Crippen molar-refractivity contribution < 1.29 is 4.74 Å². The summed E-state index contributed by atoms with van der Waals surface area (Å²) in [6.45, 7) is 7.76. The van der Waals surface area contributed by atoms with E-state index in [1.807, 2.05) is 0 Å². The Hall–Kier alpha value is -0.120. The fraction of sp³-hybridized carbons (Fsp3) is 1.00. The van der Waals surface area contributed by atoms with E-state index in [0.717, 1.165) is 32.2 Å². The van der Waals surface area contributed by atoms with Crippen LogP contribution in [0, 0.1) is 5.92 Å². The van der Waals surface area contributed by atoms with E-state index in [1.165, 1.54) is 45.3 Å². The molecule has 1 saturated carbocycles. The van der Waals surface area contributed by atoms with Crippen LogP contribution in [-0.2, 0) is 4.74 Å². The average Bonchev–Trinajstić information content (AvgIpc) is 3.09. The largest absolute Gasteiger partial charge is 0.379 e. The van der Waals surface area contributed by atoms with E-state index in [4.69, 9.17) is 4.74 Å². The number of nitrogens with one attached hydrogen (secondary N) is 1. The van der Waals surface area contributed by atoms with Crippen molar-refractivity contribution in [3.05, 3.63) is 0 Å². The van der Waals surface area contributed by atoms with E-state index in [-0.39, 0.29) is 0 Å². The molecule has 88 valence electrons. The molecule has 0 radical (unpaired) electrons. The monoisotopic (exact) mass is 212 g/mol. The molecule has 0 spiro atoms. The Morgan fingerprint density at radius 2 is 1.93 bits per heavy atom. The quantitative estimate of drug-likeness (QED) is 0.640. The second-order valence-corrected chi connectivity index (χ2v) is 4.79. The molecular formula is C12H24N2O. The second-order valence-electron chi connectivity index (χ2n) is 4.79. The number of morpholine rings is 1. The Kier molecular flexibility index (Phi) is 4.90. The summed E-state index contributed by atoms with van der Waals surface area (Å²) in [6, 6.07) is 0. The molecule has 1 heterocycles. The van der Waals surface area contributed by atoms with Crippen molar-refractivity contribution in [1.82, 2.24) is 10.2 Å². The van der Waals surface area contributed by atoms with Crippen LogP contribution < -0.4 is 5.32 Å². The van der Waals surface area contributed by atoms with E-state index in [0.29, 0.717) is 0 Å². The molecule has 15 heavy (non-hydrogen) atoms. The predicted octanol–water partition coefficient (Wildman–Crippen LogP) is 1.10. The smallest absolute Gasteiger partial charge is 0.0594 e. The first-order valence-corrected chi connectivity index (χ1v) is 6.46. The van der Waals surface area contributed by atoms with Gasteiger partial charge in [0.15, 0.2) is 0 Å². The lowest BCUT2D eigenvalue weighted by Crippen LogP contribution is -2.37. The van der Waals surface area contributed by atoms with Gasteiger partial charge in [0.25, 0.3) is 0 Å². The molecule has 3 nitrogen and oxygen atoms in total. The molecule has 0 bridgehead atoms. The molecule has 0 amide bonds. The van der Waals surface area contributed by atoms with Crippen molar-refractivity contribution in [1.29, 1.82) is 0 Å². The van der Waals surface area contributed by atoms with Gasteiger partial charge in [0, 0.05) is 13.1 Å². The molecule has 0 unspecified atom stereocenters. The summed E-state index contributed by atoms with van der Waals surface area (Å²) >= 11 is 0. The molecule has 2 rings (SSSR count). The predicted molar refractivity (Wildman–Crippen MR) is 62.1 cm³/mol. The number of hydrogen-bond donors (Lipinski definition) is 1. The van der Waals surface area contributed by atoms with E-state index >= 15 is 0 Å². The highest BCUT2D eigenvalue weighted by molar-refractivity contribution is 4.73. The standard InChI is InChI=1S/C12H24N2O/c1(5-13-6-4-12-2-3-12)7-14-8-10-15-11-9-14/h12-13H,1-11H2. The first kappa shape index (κ1) is 11.4. The van der Waals surface area contributed by atoms with Crippen molar-refractivity contribution in [3.63, 3.8) is 0 Å². The summed E-state index contributed by atoms with van der Waals surface area (Å²) in [6.07, 6.45) is 5.65. The third kappa shape index (κ3) is 4.96. The maximum atomic E-state index is 5.32. The van der Waals surface area contributed by atoms with Gasteiger partial charge < -0.3 is 10.1 Å². The van der Waals surface area contributed by atoms with Gasteiger partial charge >= 0.3 is 0 Å². The maximum Gasteiger partial charge on any atom is 0.0594 e. The Labute approximate surface area is 93.2 Å². The molecule has 0 atom stereocenters. The van der Waals surface area contributed by atoms with Gasteiger partial charge in [0.2, 0.25) is 0 Å². The topological polar surface area (TPSA) is 24.5 Å². The number of nitrogens with zero attached hydrogens (tertiary/aromatic N) is 1. The first-order valence-electron chi connectivity index (χ1n) is 6.46. The summed E-state index contributed by atoms with van der Waals surface area (Å²) in [5.41, 5.74) is 0. The molecule has 3 heteroatoms. The highest BCUT2D eigenvalue weighted by Crippen LogP contribution is 2.31. The van der Waals surface area contributed by atoms with Crippen molar-refractivity contribution in [3.8, 4) is 0 Å². The summed E-state index contributed by atoms with van der Waals surface area (Å²) in [5, 5.41) is 3.54. The van der Waals surface area contributed by atoms with Crippen LogP contribution in [0.2, 0.25) is 0 Å². The zero-order valence-corrected chi connectivity index (χ0v) is 9.71. The van der Waals surface area contributed by atoms with E-state index < -0.39 is 0 Å². The lowest BCUT2D eigenvalue weighted by atomic mass is 10.3. The van der Waals surface area contributed by atoms with Gasteiger partial charge in [-0.3, -0.25) is 4.90 Å². The lowest BCUT2D eigenvalue weighted by molar-refractivity contribution is 0.0374. The molecule has 0 aromatic rings. The van der Waals surface area contributed by atoms with Crippen LogP contribution in [-0.4, -0.2) is 50.8 Å². The Morgan fingerprint density at radius 1 is 1.13 bits per heavy atom. The van der Waals surface area contributed by atoms with Crippen LogP contribution in [0.4, 0.5) is 0 Å². The number of ether oxygens (including phenoxy) is 1. The molecule has 2 fully saturated rings. The van der Waals surface area contributed by atoms with Gasteiger partial charge in [-0.05, 0) is 38.4 Å². The number of hydrogen-bond acceptors (Lipinski definition) is 3. The van der Waals surface area contributed by atoms with Crippen LogP contribution in [0.3, 0.4) is 0 Å². The van der Waals surface area contributed by atoms with Crippen molar-refractivity contribution in [2.75, 3.05) is 45.9 Å². The number of rotatable bonds is 7. The normalized spacial score (nSPS) is 23.2. The van der Waals surface area contributed by atoms with E-state index in [2.05, 4.69) is 10.2 Å². The van der Waals surface area contributed by atoms with E-state index in [9.17, 15) is 0 Å². The lowest BCUT2D eigenvalue weighted by Gasteiger charge is -2.26. The minimum Gasteiger partial charge on any atom is -0.379 e.